The van der Waals surface area contributed by atoms with Crippen molar-refractivity contribution in [2.45, 2.75) is 6.54 Å². The van der Waals surface area contributed by atoms with Gasteiger partial charge in [-0.15, -0.1) is 0 Å². The Morgan fingerprint density at radius 3 is 2.80 bits per heavy atom. The summed E-state index contributed by atoms with van der Waals surface area (Å²) in [4.78, 5) is 0. The fourth-order valence-electron chi connectivity index (χ4n) is 1.22. The molecule has 2 N–H and O–H groups in total. The van der Waals surface area contributed by atoms with Crippen LogP contribution in [0.3, 0.4) is 0 Å². The molecule has 0 radical (unpaired) electrons. The number of rotatable bonds is 2. The van der Waals surface area contributed by atoms with E-state index in [1.807, 2.05) is 0 Å². The quantitative estimate of drug-likeness (QED) is 0.913. The molecule has 2 rings (SSSR count). The third-order valence-electron chi connectivity index (χ3n) is 1.96. The standard InChI is InChI=1S/C10H8BrFN2O/c11-6-1-2-8(9(12)3-6)10-4-7(5-13)14-15-10/h1-4H,5,13H2. The molecule has 0 fully saturated rings. The zero-order valence-corrected chi connectivity index (χ0v) is 9.29. The third-order valence-corrected chi connectivity index (χ3v) is 2.46. The minimum Gasteiger partial charge on any atom is -0.356 e. The van der Waals surface area contributed by atoms with Crippen LogP contribution in [0.15, 0.2) is 33.3 Å². The molecule has 0 unspecified atom stereocenters. The van der Waals surface area contributed by atoms with Crippen molar-refractivity contribution < 1.29 is 8.91 Å². The van der Waals surface area contributed by atoms with Crippen LogP contribution in [0.2, 0.25) is 0 Å². The summed E-state index contributed by atoms with van der Waals surface area (Å²) in [7, 11) is 0. The molecule has 1 aromatic heterocycles. The van der Waals surface area contributed by atoms with Gasteiger partial charge in [-0.2, -0.15) is 0 Å². The van der Waals surface area contributed by atoms with Crippen LogP contribution in [-0.4, -0.2) is 5.16 Å². The molecule has 3 nitrogen and oxygen atoms in total. The lowest BCUT2D eigenvalue weighted by molar-refractivity contribution is 0.421. The highest BCUT2D eigenvalue weighted by Crippen LogP contribution is 2.25. The molecule has 0 saturated carbocycles. The summed E-state index contributed by atoms with van der Waals surface area (Å²) < 4.78 is 19.2. The van der Waals surface area contributed by atoms with E-state index in [-0.39, 0.29) is 12.4 Å². The fraction of sp³-hybridized carbons (Fsp3) is 0.100. The molecule has 1 aromatic carbocycles. The molecule has 0 saturated heterocycles. The highest BCUT2D eigenvalue weighted by Gasteiger charge is 2.10. The maximum absolute atomic E-state index is 13.5. The van der Waals surface area contributed by atoms with Gasteiger partial charge in [-0.1, -0.05) is 21.1 Å². The van der Waals surface area contributed by atoms with Crippen molar-refractivity contribution in [2.75, 3.05) is 0 Å². The predicted octanol–water partition coefficient (Wildman–Crippen LogP) is 2.70. The average molecular weight is 271 g/mol. The lowest BCUT2D eigenvalue weighted by Crippen LogP contribution is -1.94. The Bertz CT molecular complexity index is 484. The maximum atomic E-state index is 13.5. The van der Waals surface area contributed by atoms with Crippen LogP contribution in [0.1, 0.15) is 5.69 Å². The smallest absolute Gasteiger partial charge is 0.170 e. The molecular weight excluding hydrogens is 263 g/mol. The predicted molar refractivity (Wildman–Crippen MR) is 57.5 cm³/mol. The van der Waals surface area contributed by atoms with Gasteiger partial charge in [-0.05, 0) is 18.2 Å². The summed E-state index contributed by atoms with van der Waals surface area (Å²) in [5, 5.41) is 3.70. The van der Waals surface area contributed by atoms with Crippen molar-refractivity contribution in [1.29, 1.82) is 0 Å². The van der Waals surface area contributed by atoms with Gasteiger partial charge < -0.3 is 10.3 Å². The summed E-state index contributed by atoms with van der Waals surface area (Å²) in [6, 6.07) is 6.37. The van der Waals surface area contributed by atoms with Crippen LogP contribution in [0.4, 0.5) is 4.39 Å². The molecule has 2 aromatic rings. The van der Waals surface area contributed by atoms with Gasteiger partial charge in [0.1, 0.15) is 5.82 Å². The number of hydrogen-bond donors (Lipinski definition) is 1. The largest absolute Gasteiger partial charge is 0.356 e. The van der Waals surface area contributed by atoms with E-state index in [1.165, 1.54) is 6.07 Å². The summed E-state index contributed by atoms with van der Waals surface area (Å²) in [5.74, 6) is 0.0320. The molecule has 1 heterocycles. The summed E-state index contributed by atoms with van der Waals surface area (Å²) >= 11 is 3.18. The Morgan fingerprint density at radius 2 is 2.20 bits per heavy atom. The minimum atomic E-state index is -0.357. The monoisotopic (exact) mass is 270 g/mol. The van der Waals surface area contributed by atoms with E-state index in [0.717, 1.165) is 0 Å². The molecule has 0 aliphatic heterocycles. The number of benzene rings is 1. The number of halogens is 2. The van der Waals surface area contributed by atoms with E-state index in [0.29, 0.717) is 21.5 Å². The van der Waals surface area contributed by atoms with Crippen LogP contribution >= 0.6 is 15.9 Å². The first kappa shape index (κ1) is 10.3. The van der Waals surface area contributed by atoms with E-state index < -0.39 is 0 Å². The molecule has 0 amide bonds. The summed E-state index contributed by atoms with van der Waals surface area (Å²) in [5.41, 5.74) is 6.36. The van der Waals surface area contributed by atoms with Gasteiger partial charge in [0.15, 0.2) is 5.76 Å². The van der Waals surface area contributed by atoms with Gasteiger partial charge in [0.25, 0.3) is 0 Å². The molecule has 0 aliphatic carbocycles. The molecule has 0 aliphatic rings. The van der Waals surface area contributed by atoms with Gasteiger partial charge in [0.05, 0.1) is 11.3 Å². The Balaban J connectivity index is 2.44. The van der Waals surface area contributed by atoms with Crippen LogP contribution in [0.25, 0.3) is 11.3 Å². The Hall–Kier alpha value is -1.20. The van der Waals surface area contributed by atoms with Crippen molar-refractivity contribution in [1.82, 2.24) is 5.16 Å². The Labute approximate surface area is 94.2 Å². The lowest BCUT2D eigenvalue weighted by Gasteiger charge is -1.97. The first-order valence-electron chi connectivity index (χ1n) is 4.32. The van der Waals surface area contributed by atoms with Crippen molar-refractivity contribution >= 4 is 15.9 Å². The molecule has 0 spiro atoms. The van der Waals surface area contributed by atoms with Crippen molar-refractivity contribution in [3.8, 4) is 11.3 Å². The Morgan fingerprint density at radius 1 is 1.40 bits per heavy atom. The van der Waals surface area contributed by atoms with E-state index >= 15 is 0 Å². The third kappa shape index (κ3) is 2.08. The lowest BCUT2D eigenvalue weighted by atomic mass is 10.1. The molecule has 78 valence electrons. The second kappa shape index (κ2) is 4.12. The van der Waals surface area contributed by atoms with Crippen LogP contribution < -0.4 is 5.73 Å². The minimum absolute atomic E-state index is 0.279. The zero-order valence-electron chi connectivity index (χ0n) is 7.71. The maximum Gasteiger partial charge on any atom is 0.170 e. The van der Waals surface area contributed by atoms with Gasteiger partial charge >= 0.3 is 0 Å². The molecule has 0 bridgehead atoms. The first-order valence-corrected chi connectivity index (χ1v) is 5.11. The fourth-order valence-corrected chi connectivity index (χ4v) is 1.56. The van der Waals surface area contributed by atoms with E-state index in [1.54, 1.807) is 18.2 Å². The van der Waals surface area contributed by atoms with Crippen molar-refractivity contribution in [2.24, 2.45) is 5.73 Å². The van der Waals surface area contributed by atoms with Gasteiger partial charge in [-0.25, -0.2) is 4.39 Å². The average Bonchev–Trinajstić information content (AvgIpc) is 2.66. The van der Waals surface area contributed by atoms with E-state index in [4.69, 9.17) is 10.3 Å². The molecule has 15 heavy (non-hydrogen) atoms. The second-order valence-electron chi connectivity index (χ2n) is 3.01. The molecule has 5 heteroatoms. The SMILES string of the molecule is NCc1cc(-c2ccc(Br)cc2F)on1. The van der Waals surface area contributed by atoms with Crippen LogP contribution in [0, 0.1) is 5.82 Å². The Kier molecular flexibility index (Phi) is 2.83. The number of aromatic nitrogens is 1. The van der Waals surface area contributed by atoms with E-state index in [9.17, 15) is 4.39 Å². The topological polar surface area (TPSA) is 52.0 Å². The summed E-state index contributed by atoms with van der Waals surface area (Å²) in [6.45, 7) is 0.279. The first-order chi connectivity index (χ1) is 7.20. The highest BCUT2D eigenvalue weighted by atomic mass is 79.9. The van der Waals surface area contributed by atoms with Crippen LogP contribution in [0.5, 0.6) is 0 Å². The van der Waals surface area contributed by atoms with Crippen molar-refractivity contribution in [3.63, 3.8) is 0 Å². The molecular formula is C10H8BrFN2O. The normalized spacial score (nSPS) is 10.6. The van der Waals surface area contributed by atoms with E-state index in [2.05, 4.69) is 21.1 Å². The number of nitrogens with zero attached hydrogens (tertiary/aromatic N) is 1. The zero-order chi connectivity index (χ0) is 10.8. The summed E-state index contributed by atoms with van der Waals surface area (Å²) in [6.07, 6.45) is 0. The molecule has 0 atom stereocenters. The van der Waals surface area contributed by atoms with Gasteiger partial charge in [-0.3, -0.25) is 0 Å². The number of hydrogen-bond acceptors (Lipinski definition) is 3. The number of nitrogens with two attached hydrogens (primary N) is 1. The van der Waals surface area contributed by atoms with Crippen LogP contribution in [-0.2, 0) is 6.54 Å². The van der Waals surface area contributed by atoms with Crippen molar-refractivity contribution in [3.05, 3.63) is 40.2 Å². The van der Waals surface area contributed by atoms with Gasteiger partial charge in [0, 0.05) is 17.1 Å². The van der Waals surface area contributed by atoms with Gasteiger partial charge in [0.2, 0.25) is 0 Å². The second-order valence-corrected chi connectivity index (χ2v) is 3.93. The highest BCUT2D eigenvalue weighted by molar-refractivity contribution is 9.10.